The lowest BCUT2D eigenvalue weighted by molar-refractivity contribution is -0.116. The van der Waals surface area contributed by atoms with Crippen LogP contribution in [0.5, 0.6) is 0 Å². The van der Waals surface area contributed by atoms with Crippen molar-refractivity contribution in [2.45, 2.75) is 11.6 Å². The number of anilines is 1. The second kappa shape index (κ2) is 7.30. The molecule has 3 rings (SSSR count). The third-order valence-corrected chi connectivity index (χ3v) is 5.42. The summed E-state index contributed by atoms with van der Waals surface area (Å²) in [7, 11) is -3.69. The summed E-state index contributed by atoms with van der Waals surface area (Å²) in [6.07, 6.45) is 2.60. The topological polar surface area (TPSA) is 93.5 Å². The molecule has 2 aromatic rings. The Kier molecular flexibility index (Phi) is 5.11. The van der Waals surface area contributed by atoms with Crippen LogP contribution >= 0.6 is 0 Å². The predicted molar refractivity (Wildman–Crippen MR) is 86.8 cm³/mol. The molecular formula is C15H17FN4O4S. The first-order chi connectivity index (χ1) is 11.9. The predicted octanol–water partition coefficient (Wildman–Crippen LogP) is 0.682. The maximum absolute atomic E-state index is 12.8. The van der Waals surface area contributed by atoms with Crippen molar-refractivity contribution >= 4 is 21.6 Å². The van der Waals surface area contributed by atoms with Gasteiger partial charge in [-0.1, -0.05) is 0 Å². The quantitative estimate of drug-likeness (QED) is 0.838. The first-order valence-electron chi connectivity index (χ1n) is 7.60. The largest absolute Gasteiger partial charge is 0.379 e. The number of hydrogen-bond acceptors (Lipinski definition) is 5. The van der Waals surface area contributed by atoms with Crippen LogP contribution in [0.2, 0.25) is 0 Å². The zero-order valence-corrected chi connectivity index (χ0v) is 14.1. The number of ether oxygens (including phenoxy) is 1. The van der Waals surface area contributed by atoms with E-state index in [0.717, 1.165) is 0 Å². The summed E-state index contributed by atoms with van der Waals surface area (Å²) in [6.45, 7) is 1.14. The SMILES string of the molecule is O=C(Cn1cnc(S(=O)(=O)N2CCOCC2)c1)Nc1ccc(F)cc1. The number of carbonyl (C=O) groups excluding carboxylic acids is 1. The number of aromatic nitrogens is 2. The first kappa shape index (κ1) is 17.5. The smallest absolute Gasteiger partial charge is 0.262 e. The van der Waals surface area contributed by atoms with Gasteiger partial charge >= 0.3 is 0 Å². The molecule has 0 radical (unpaired) electrons. The normalized spacial score (nSPS) is 15.9. The van der Waals surface area contributed by atoms with Crippen LogP contribution in [0.4, 0.5) is 10.1 Å². The fraction of sp³-hybridized carbons (Fsp3) is 0.333. The lowest BCUT2D eigenvalue weighted by Gasteiger charge is -2.24. The number of morpholine rings is 1. The van der Waals surface area contributed by atoms with Crippen LogP contribution in [-0.4, -0.2) is 54.5 Å². The van der Waals surface area contributed by atoms with Crippen molar-refractivity contribution in [1.82, 2.24) is 13.9 Å². The summed E-state index contributed by atoms with van der Waals surface area (Å²) in [5, 5.41) is 2.49. The van der Waals surface area contributed by atoms with Crippen LogP contribution in [0.1, 0.15) is 0 Å². The van der Waals surface area contributed by atoms with E-state index in [9.17, 15) is 17.6 Å². The van der Waals surface area contributed by atoms with Crippen LogP contribution in [0.15, 0.2) is 41.8 Å². The lowest BCUT2D eigenvalue weighted by atomic mass is 10.3. The van der Waals surface area contributed by atoms with E-state index in [-0.39, 0.29) is 30.6 Å². The van der Waals surface area contributed by atoms with Crippen LogP contribution in [0.25, 0.3) is 0 Å². The van der Waals surface area contributed by atoms with E-state index < -0.39 is 15.8 Å². The number of carbonyl (C=O) groups is 1. The minimum atomic E-state index is -3.69. The lowest BCUT2D eigenvalue weighted by Crippen LogP contribution is -2.40. The summed E-state index contributed by atoms with van der Waals surface area (Å²) >= 11 is 0. The highest BCUT2D eigenvalue weighted by atomic mass is 32.2. The molecule has 1 fully saturated rings. The zero-order valence-electron chi connectivity index (χ0n) is 13.3. The number of sulfonamides is 1. The molecule has 0 atom stereocenters. The zero-order chi connectivity index (χ0) is 17.9. The Hall–Kier alpha value is -2.30. The van der Waals surface area contributed by atoms with E-state index in [4.69, 9.17) is 4.74 Å². The number of imidazole rings is 1. The van der Waals surface area contributed by atoms with Gasteiger partial charge in [0.2, 0.25) is 5.91 Å². The number of hydrogen-bond donors (Lipinski definition) is 1. The van der Waals surface area contributed by atoms with Crippen LogP contribution in [-0.2, 0) is 26.1 Å². The molecule has 8 nitrogen and oxygen atoms in total. The van der Waals surface area contributed by atoms with Gasteiger partial charge in [-0.05, 0) is 24.3 Å². The maximum atomic E-state index is 12.8. The van der Waals surface area contributed by atoms with Crippen molar-refractivity contribution in [2.24, 2.45) is 0 Å². The van der Waals surface area contributed by atoms with Gasteiger partial charge in [0, 0.05) is 25.0 Å². The summed E-state index contributed by atoms with van der Waals surface area (Å²) < 4.78 is 45.6. The molecule has 1 aliphatic heterocycles. The number of halogens is 1. The van der Waals surface area contributed by atoms with Crippen LogP contribution in [0.3, 0.4) is 0 Å². The molecule has 1 aromatic carbocycles. The molecule has 1 N–H and O–H groups in total. The fourth-order valence-corrected chi connectivity index (χ4v) is 3.72. The van der Waals surface area contributed by atoms with Gasteiger partial charge in [0.25, 0.3) is 10.0 Å². The molecule has 0 aliphatic carbocycles. The summed E-state index contributed by atoms with van der Waals surface area (Å²) in [5.74, 6) is -0.773. The average Bonchev–Trinajstić information content (AvgIpc) is 3.07. The second-order valence-electron chi connectivity index (χ2n) is 5.46. The number of rotatable bonds is 5. The fourth-order valence-electron chi connectivity index (χ4n) is 2.38. The molecule has 25 heavy (non-hydrogen) atoms. The molecule has 10 heteroatoms. The first-order valence-corrected chi connectivity index (χ1v) is 9.04. The van der Waals surface area contributed by atoms with E-state index >= 15 is 0 Å². The molecule has 134 valence electrons. The third kappa shape index (κ3) is 4.21. The Bertz CT molecular complexity index is 845. The minimum absolute atomic E-state index is 0.107. The molecule has 0 bridgehead atoms. The van der Waals surface area contributed by atoms with Gasteiger partial charge in [0.05, 0.1) is 19.5 Å². The molecule has 0 unspecified atom stereocenters. The van der Waals surface area contributed by atoms with E-state index in [1.165, 1.54) is 45.7 Å². The van der Waals surface area contributed by atoms with Crippen molar-refractivity contribution < 1.29 is 22.3 Å². The Morgan fingerprint density at radius 1 is 1.24 bits per heavy atom. The van der Waals surface area contributed by atoms with Gasteiger partial charge in [-0.2, -0.15) is 4.31 Å². The molecule has 2 heterocycles. The van der Waals surface area contributed by atoms with E-state index in [1.54, 1.807) is 0 Å². The molecular weight excluding hydrogens is 351 g/mol. The van der Waals surface area contributed by atoms with Crippen molar-refractivity contribution in [3.8, 4) is 0 Å². The summed E-state index contributed by atoms with van der Waals surface area (Å²) in [4.78, 5) is 15.9. The average molecular weight is 368 g/mol. The Labute approximate surface area is 144 Å². The highest BCUT2D eigenvalue weighted by Crippen LogP contribution is 2.15. The summed E-state index contributed by atoms with van der Waals surface area (Å²) in [5.41, 5.74) is 0.452. The molecule has 1 aromatic heterocycles. The Morgan fingerprint density at radius 3 is 2.60 bits per heavy atom. The van der Waals surface area contributed by atoms with Crippen LogP contribution in [0, 0.1) is 5.82 Å². The standard InChI is InChI=1S/C15H17FN4O4S/c16-12-1-3-13(4-2-12)18-14(21)9-19-10-15(17-11-19)25(22,23)20-5-7-24-8-6-20/h1-4,10-11H,5-9H2,(H,18,21). The van der Waals surface area contributed by atoms with Gasteiger partial charge in [-0.15, -0.1) is 0 Å². The number of benzene rings is 1. The van der Waals surface area contributed by atoms with Crippen molar-refractivity contribution in [3.05, 3.63) is 42.6 Å². The van der Waals surface area contributed by atoms with Gasteiger partial charge in [-0.25, -0.2) is 17.8 Å². The van der Waals surface area contributed by atoms with Crippen LogP contribution < -0.4 is 5.32 Å². The molecule has 1 saturated heterocycles. The molecule has 1 aliphatic rings. The molecule has 0 saturated carbocycles. The Balaban J connectivity index is 1.64. The van der Waals surface area contributed by atoms with E-state index in [0.29, 0.717) is 18.9 Å². The maximum Gasteiger partial charge on any atom is 0.262 e. The van der Waals surface area contributed by atoms with Gasteiger partial charge < -0.3 is 14.6 Å². The number of nitrogens with one attached hydrogen (secondary N) is 1. The van der Waals surface area contributed by atoms with E-state index in [1.807, 2.05) is 0 Å². The Morgan fingerprint density at radius 2 is 1.92 bits per heavy atom. The number of nitrogens with zero attached hydrogens (tertiary/aromatic N) is 3. The second-order valence-corrected chi connectivity index (χ2v) is 7.34. The van der Waals surface area contributed by atoms with Gasteiger partial charge in [0.15, 0.2) is 5.03 Å². The highest BCUT2D eigenvalue weighted by molar-refractivity contribution is 7.89. The molecule has 0 spiro atoms. The van der Waals surface area contributed by atoms with Crippen molar-refractivity contribution in [2.75, 3.05) is 31.6 Å². The van der Waals surface area contributed by atoms with Gasteiger partial charge in [-0.3, -0.25) is 4.79 Å². The number of amides is 1. The van der Waals surface area contributed by atoms with Crippen molar-refractivity contribution in [3.63, 3.8) is 0 Å². The summed E-state index contributed by atoms with van der Waals surface area (Å²) in [6, 6.07) is 5.35. The monoisotopic (exact) mass is 368 g/mol. The minimum Gasteiger partial charge on any atom is -0.379 e. The molecule has 1 amide bonds. The third-order valence-electron chi connectivity index (χ3n) is 3.64. The highest BCUT2D eigenvalue weighted by Gasteiger charge is 2.28. The van der Waals surface area contributed by atoms with Crippen molar-refractivity contribution in [1.29, 1.82) is 0 Å². The van der Waals surface area contributed by atoms with E-state index in [2.05, 4.69) is 10.3 Å². The van der Waals surface area contributed by atoms with Gasteiger partial charge in [0.1, 0.15) is 12.4 Å².